The van der Waals surface area contributed by atoms with Crippen molar-refractivity contribution in [3.05, 3.63) is 59.7 Å². The minimum absolute atomic E-state index is 0.00942. The summed E-state index contributed by atoms with van der Waals surface area (Å²) in [7, 11) is 1.63. The molecule has 0 heterocycles. The molecule has 0 atom stereocenters. The van der Waals surface area contributed by atoms with Crippen LogP contribution in [0.15, 0.2) is 53.4 Å². The smallest absolute Gasteiger partial charge is 0.254 e. The predicted octanol–water partition coefficient (Wildman–Crippen LogP) is 3.43. The zero-order chi connectivity index (χ0) is 16.8. The molecule has 120 valence electrons. The van der Waals surface area contributed by atoms with E-state index in [9.17, 15) is 9.59 Å². The molecule has 2 rings (SSSR count). The molecule has 2 aromatic rings. The van der Waals surface area contributed by atoms with Crippen LogP contribution in [0.3, 0.4) is 0 Å². The van der Waals surface area contributed by atoms with Crippen LogP contribution in [0, 0.1) is 6.92 Å². The Morgan fingerprint density at radius 3 is 2.57 bits per heavy atom. The second-order valence-electron chi connectivity index (χ2n) is 5.28. The van der Waals surface area contributed by atoms with Crippen LogP contribution in [-0.4, -0.2) is 36.6 Å². The van der Waals surface area contributed by atoms with Crippen LogP contribution < -0.4 is 5.32 Å². The average Bonchev–Trinajstić information content (AvgIpc) is 2.54. The summed E-state index contributed by atoms with van der Waals surface area (Å²) >= 11 is 1.57. The van der Waals surface area contributed by atoms with E-state index >= 15 is 0 Å². The molecule has 1 N–H and O–H groups in total. The standard InChI is InChI=1S/C18H20N2O2S/c1-13-7-6-8-14(11-13)18(22)20(2)12-17(21)19-15-9-4-5-10-16(15)23-3/h4-11H,12H2,1-3H3,(H,19,21). The highest BCUT2D eigenvalue weighted by Gasteiger charge is 2.15. The third-order valence-electron chi connectivity index (χ3n) is 3.37. The first-order chi connectivity index (χ1) is 11.0. The number of amides is 2. The van der Waals surface area contributed by atoms with Gasteiger partial charge in [-0.2, -0.15) is 0 Å². The molecule has 0 aromatic heterocycles. The number of likely N-dealkylation sites (N-methyl/N-ethyl adjacent to an activating group) is 1. The lowest BCUT2D eigenvalue weighted by atomic mass is 10.1. The van der Waals surface area contributed by atoms with Crippen molar-refractivity contribution in [1.29, 1.82) is 0 Å². The predicted molar refractivity (Wildman–Crippen MR) is 95.0 cm³/mol. The summed E-state index contributed by atoms with van der Waals surface area (Å²) in [6.07, 6.45) is 1.96. The Labute approximate surface area is 140 Å². The van der Waals surface area contributed by atoms with Gasteiger partial charge in [0, 0.05) is 17.5 Å². The number of anilines is 1. The number of nitrogens with zero attached hydrogens (tertiary/aromatic N) is 1. The molecular weight excluding hydrogens is 308 g/mol. The maximum Gasteiger partial charge on any atom is 0.254 e. The molecule has 0 aliphatic carbocycles. The number of aryl methyl sites for hydroxylation is 1. The van der Waals surface area contributed by atoms with Crippen molar-refractivity contribution < 1.29 is 9.59 Å². The molecule has 5 heteroatoms. The molecule has 0 aliphatic rings. The Morgan fingerprint density at radius 2 is 1.87 bits per heavy atom. The van der Waals surface area contributed by atoms with Gasteiger partial charge in [0.1, 0.15) is 0 Å². The van der Waals surface area contributed by atoms with Gasteiger partial charge < -0.3 is 10.2 Å². The van der Waals surface area contributed by atoms with E-state index < -0.39 is 0 Å². The monoisotopic (exact) mass is 328 g/mol. The van der Waals surface area contributed by atoms with Gasteiger partial charge in [-0.15, -0.1) is 11.8 Å². The Kier molecular flexibility index (Phi) is 5.82. The lowest BCUT2D eigenvalue weighted by molar-refractivity contribution is -0.116. The third kappa shape index (κ3) is 4.60. The van der Waals surface area contributed by atoms with E-state index in [0.29, 0.717) is 5.56 Å². The second kappa shape index (κ2) is 7.83. The summed E-state index contributed by atoms with van der Waals surface area (Å²) in [5, 5.41) is 2.86. The van der Waals surface area contributed by atoms with Crippen molar-refractivity contribution >= 4 is 29.3 Å². The van der Waals surface area contributed by atoms with E-state index in [0.717, 1.165) is 16.1 Å². The molecule has 0 fully saturated rings. The van der Waals surface area contributed by atoms with Gasteiger partial charge in [-0.25, -0.2) is 0 Å². The van der Waals surface area contributed by atoms with Gasteiger partial charge in [-0.1, -0.05) is 29.8 Å². The molecule has 0 bridgehead atoms. The van der Waals surface area contributed by atoms with Gasteiger partial charge in [-0.3, -0.25) is 9.59 Å². The first kappa shape index (κ1) is 17.1. The SMILES string of the molecule is CSc1ccccc1NC(=O)CN(C)C(=O)c1cccc(C)c1. The highest BCUT2D eigenvalue weighted by atomic mass is 32.2. The van der Waals surface area contributed by atoms with Crippen molar-refractivity contribution in [1.82, 2.24) is 4.90 Å². The van der Waals surface area contributed by atoms with Crippen LogP contribution in [0.5, 0.6) is 0 Å². The number of carbonyl (C=O) groups excluding carboxylic acids is 2. The number of nitrogens with one attached hydrogen (secondary N) is 1. The van der Waals surface area contributed by atoms with E-state index in [2.05, 4.69) is 5.32 Å². The molecular formula is C18H20N2O2S. The number of hydrogen-bond donors (Lipinski definition) is 1. The first-order valence-electron chi connectivity index (χ1n) is 7.26. The molecule has 0 radical (unpaired) electrons. The Hall–Kier alpha value is -2.27. The number of hydrogen-bond acceptors (Lipinski definition) is 3. The van der Waals surface area contributed by atoms with Gasteiger partial charge in [0.25, 0.3) is 5.91 Å². The van der Waals surface area contributed by atoms with E-state index in [1.165, 1.54) is 4.90 Å². The minimum Gasteiger partial charge on any atom is -0.332 e. The molecule has 0 aliphatic heterocycles. The Bertz CT molecular complexity index is 716. The number of benzene rings is 2. The van der Waals surface area contributed by atoms with Crippen LogP contribution in [0.4, 0.5) is 5.69 Å². The van der Waals surface area contributed by atoms with Crippen molar-refractivity contribution in [3.8, 4) is 0 Å². The number of thioether (sulfide) groups is 1. The van der Waals surface area contributed by atoms with E-state index in [1.54, 1.807) is 24.9 Å². The summed E-state index contributed by atoms with van der Waals surface area (Å²) in [5.41, 5.74) is 2.37. The van der Waals surface area contributed by atoms with Crippen LogP contribution >= 0.6 is 11.8 Å². The third-order valence-corrected chi connectivity index (χ3v) is 4.17. The number of carbonyl (C=O) groups is 2. The van der Waals surface area contributed by atoms with Crippen LogP contribution in [0.25, 0.3) is 0 Å². The lowest BCUT2D eigenvalue weighted by Crippen LogP contribution is -2.35. The van der Waals surface area contributed by atoms with E-state index in [4.69, 9.17) is 0 Å². The van der Waals surface area contributed by atoms with Gasteiger partial charge in [0.2, 0.25) is 5.91 Å². The topological polar surface area (TPSA) is 49.4 Å². The molecule has 23 heavy (non-hydrogen) atoms. The van der Waals surface area contributed by atoms with Crippen LogP contribution in [0.2, 0.25) is 0 Å². The molecule has 2 aromatic carbocycles. The van der Waals surface area contributed by atoms with E-state index in [1.807, 2.05) is 55.6 Å². The fourth-order valence-corrected chi connectivity index (χ4v) is 2.78. The van der Waals surface area contributed by atoms with Crippen molar-refractivity contribution in [2.45, 2.75) is 11.8 Å². The van der Waals surface area contributed by atoms with Gasteiger partial charge in [0.05, 0.1) is 12.2 Å². The van der Waals surface area contributed by atoms with Gasteiger partial charge in [-0.05, 0) is 37.4 Å². The molecule has 0 unspecified atom stereocenters. The highest BCUT2D eigenvalue weighted by Crippen LogP contribution is 2.24. The van der Waals surface area contributed by atoms with Crippen molar-refractivity contribution in [3.63, 3.8) is 0 Å². The summed E-state index contributed by atoms with van der Waals surface area (Å²) < 4.78 is 0. The molecule has 0 saturated carbocycles. The largest absolute Gasteiger partial charge is 0.332 e. The summed E-state index contributed by atoms with van der Waals surface area (Å²) in [6, 6.07) is 14.9. The molecule has 4 nitrogen and oxygen atoms in total. The maximum atomic E-state index is 12.3. The fraction of sp³-hybridized carbons (Fsp3) is 0.222. The van der Waals surface area contributed by atoms with Gasteiger partial charge in [0.15, 0.2) is 0 Å². The maximum absolute atomic E-state index is 12.3. The lowest BCUT2D eigenvalue weighted by Gasteiger charge is -2.17. The van der Waals surface area contributed by atoms with Crippen molar-refractivity contribution in [2.75, 3.05) is 25.2 Å². The Balaban J connectivity index is 2.01. The molecule has 0 saturated heterocycles. The summed E-state index contributed by atoms with van der Waals surface area (Å²) in [6.45, 7) is 1.94. The second-order valence-corrected chi connectivity index (χ2v) is 6.13. The molecule has 2 amide bonds. The van der Waals surface area contributed by atoms with Gasteiger partial charge >= 0.3 is 0 Å². The van der Waals surface area contributed by atoms with Crippen molar-refractivity contribution in [2.24, 2.45) is 0 Å². The van der Waals surface area contributed by atoms with Crippen LogP contribution in [0.1, 0.15) is 15.9 Å². The van der Waals surface area contributed by atoms with Crippen LogP contribution in [-0.2, 0) is 4.79 Å². The average molecular weight is 328 g/mol. The zero-order valence-corrected chi connectivity index (χ0v) is 14.3. The fourth-order valence-electron chi connectivity index (χ4n) is 2.22. The summed E-state index contributed by atoms with van der Waals surface area (Å²) in [5.74, 6) is -0.378. The number of rotatable bonds is 5. The highest BCUT2D eigenvalue weighted by molar-refractivity contribution is 7.98. The van der Waals surface area contributed by atoms with E-state index in [-0.39, 0.29) is 18.4 Å². The normalized spacial score (nSPS) is 10.2. The minimum atomic E-state index is -0.213. The summed E-state index contributed by atoms with van der Waals surface area (Å²) in [4.78, 5) is 26.9. The first-order valence-corrected chi connectivity index (χ1v) is 8.48. The molecule has 0 spiro atoms. The zero-order valence-electron chi connectivity index (χ0n) is 13.5. The Morgan fingerprint density at radius 1 is 1.13 bits per heavy atom. The number of para-hydroxylation sites is 1. The quantitative estimate of drug-likeness (QED) is 0.856.